The topological polar surface area (TPSA) is 58.4 Å². The summed E-state index contributed by atoms with van der Waals surface area (Å²) in [5, 5.41) is 4.63. The molecule has 1 aliphatic heterocycles. The largest absolute Gasteiger partial charge is 0.335 e. The van der Waals surface area contributed by atoms with Gasteiger partial charge in [-0.15, -0.1) is 0 Å². The molecular formula is C24H23FN4O2. The number of piperazine rings is 1. The molecule has 158 valence electrons. The molecule has 2 aromatic carbocycles. The Bertz CT molecular complexity index is 1120. The Morgan fingerprint density at radius 3 is 2.13 bits per heavy atom. The SMILES string of the molecule is O=C(c1ccccc1)N1CCN(C(=O)c2nn(-c3ccc(F)cc3)c3c2CCC3)CC1. The van der Waals surface area contributed by atoms with E-state index in [1.165, 1.54) is 12.1 Å². The summed E-state index contributed by atoms with van der Waals surface area (Å²) in [5.41, 5.74) is 3.94. The zero-order chi connectivity index (χ0) is 21.4. The number of fused-ring (bicyclic) bond motifs is 1. The quantitative estimate of drug-likeness (QED) is 0.657. The lowest BCUT2D eigenvalue weighted by Crippen LogP contribution is -2.50. The summed E-state index contributed by atoms with van der Waals surface area (Å²) in [7, 11) is 0. The average molecular weight is 418 g/mol. The Balaban J connectivity index is 1.33. The van der Waals surface area contributed by atoms with Gasteiger partial charge in [-0.3, -0.25) is 9.59 Å². The fourth-order valence-electron chi connectivity index (χ4n) is 4.43. The predicted octanol–water partition coefficient (Wildman–Crippen LogP) is 3.10. The van der Waals surface area contributed by atoms with Gasteiger partial charge >= 0.3 is 0 Å². The van der Waals surface area contributed by atoms with Crippen molar-refractivity contribution in [2.75, 3.05) is 26.2 Å². The first-order valence-electron chi connectivity index (χ1n) is 10.6. The van der Waals surface area contributed by atoms with Gasteiger partial charge in [0.05, 0.1) is 5.69 Å². The van der Waals surface area contributed by atoms with Crippen LogP contribution < -0.4 is 0 Å². The van der Waals surface area contributed by atoms with Crippen LogP contribution >= 0.6 is 0 Å². The minimum absolute atomic E-state index is 0.00539. The number of hydrogen-bond donors (Lipinski definition) is 0. The molecule has 1 saturated heterocycles. The van der Waals surface area contributed by atoms with E-state index < -0.39 is 0 Å². The maximum atomic E-state index is 13.3. The highest BCUT2D eigenvalue weighted by Crippen LogP contribution is 2.29. The van der Waals surface area contributed by atoms with Crippen molar-refractivity contribution in [3.63, 3.8) is 0 Å². The summed E-state index contributed by atoms with van der Waals surface area (Å²) in [6.45, 7) is 1.96. The van der Waals surface area contributed by atoms with Gasteiger partial charge < -0.3 is 9.80 Å². The Morgan fingerprint density at radius 2 is 1.45 bits per heavy atom. The van der Waals surface area contributed by atoms with E-state index in [0.29, 0.717) is 37.4 Å². The fourth-order valence-corrected chi connectivity index (χ4v) is 4.43. The Hall–Kier alpha value is -3.48. The fraction of sp³-hybridized carbons (Fsp3) is 0.292. The van der Waals surface area contributed by atoms with Gasteiger partial charge in [0.15, 0.2) is 5.69 Å². The second kappa shape index (κ2) is 7.98. The highest BCUT2D eigenvalue weighted by Gasteiger charge is 2.32. The Kier molecular flexibility index (Phi) is 5.02. The molecule has 2 aliphatic rings. The number of hydrogen-bond acceptors (Lipinski definition) is 3. The molecule has 0 radical (unpaired) electrons. The van der Waals surface area contributed by atoms with Gasteiger partial charge in [-0.1, -0.05) is 18.2 Å². The average Bonchev–Trinajstić information content (AvgIpc) is 3.43. The summed E-state index contributed by atoms with van der Waals surface area (Å²) in [4.78, 5) is 29.5. The van der Waals surface area contributed by atoms with Gasteiger partial charge in [-0.2, -0.15) is 5.10 Å². The summed E-state index contributed by atoms with van der Waals surface area (Å²) in [6, 6.07) is 15.4. The van der Waals surface area contributed by atoms with Crippen molar-refractivity contribution in [3.05, 3.63) is 82.9 Å². The van der Waals surface area contributed by atoms with Crippen LogP contribution in [-0.2, 0) is 12.8 Å². The molecule has 31 heavy (non-hydrogen) atoms. The summed E-state index contributed by atoms with van der Waals surface area (Å²) in [6.07, 6.45) is 2.66. The normalized spacial score (nSPS) is 15.8. The molecule has 0 saturated carbocycles. The number of halogens is 1. The number of nitrogens with zero attached hydrogens (tertiary/aromatic N) is 4. The third kappa shape index (κ3) is 3.60. The van der Waals surface area contributed by atoms with E-state index in [2.05, 4.69) is 5.10 Å². The Labute approximate surface area is 179 Å². The van der Waals surface area contributed by atoms with Crippen molar-refractivity contribution in [3.8, 4) is 5.69 Å². The van der Waals surface area contributed by atoms with Gasteiger partial charge in [0.1, 0.15) is 5.82 Å². The van der Waals surface area contributed by atoms with Crippen LogP contribution in [-0.4, -0.2) is 57.6 Å². The molecule has 3 aromatic rings. The van der Waals surface area contributed by atoms with Crippen molar-refractivity contribution in [2.45, 2.75) is 19.3 Å². The monoisotopic (exact) mass is 418 g/mol. The van der Waals surface area contributed by atoms with E-state index in [1.54, 1.807) is 26.6 Å². The number of rotatable bonds is 3. The first-order valence-corrected chi connectivity index (χ1v) is 10.6. The van der Waals surface area contributed by atoms with E-state index in [-0.39, 0.29) is 17.6 Å². The molecule has 5 rings (SSSR count). The van der Waals surface area contributed by atoms with Crippen molar-refractivity contribution in [1.29, 1.82) is 0 Å². The molecule has 1 aliphatic carbocycles. The molecule has 0 atom stereocenters. The van der Waals surface area contributed by atoms with Crippen LogP contribution in [0.15, 0.2) is 54.6 Å². The van der Waals surface area contributed by atoms with Crippen LogP contribution in [0, 0.1) is 5.82 Å². The van der Waals surface area contributed by atoms with Crippen LogP contribution in [0.1, 0.15) is 38.5 Å². The lowest BCUT2D eigenvalue weighted by molar-refractivity contribution is 0.0531. The predicted molar refractivity (Wildman–Crippen MR) is 114 cm³/mol. The van der Waals surface area contributed by atoms with E-state index in [1.807, 2.05) is 30.3 Å². The van der Waals surface area contributed by atoms with Gasteiger partial charge in [-0.05, 0) is 55.7 Å². The van der Waals surface area contributed by atoms with Crippen LogP contribution in [0.2, 0.25) is 0 Å². The number of aromatic nitrogens is 2. The number of benzene rings is 2. The minimum atomic E-state index is -0.299. The third-order valence-corrected chi connectivity index (χ3v) is 6.08. The molecule has 1 aromatic heterocycles. The van der Waals surface area contributed by atoms with Crippen molar-refractivity contribution in [1.82, 2.24) is 19.6 Å². The summed E-state index contributed by atoms with van der Waals surface area (Å²) < 4.78 is 15.1. The van der Waals surface area contributed by atoms with Crippen molar-refractivity contribution >= 4 is 11.8 Å². The standard InChI is InChI=1S/C24H23FN4O2/c25-18-9-11-19(12-10-18)29-21-8-4-7-20(21)22(26-29)24(31)28-15-13-27(14-16-28)23(30)17-5-2-1-3-6-17/h1-3,5-6,9-12H,4,7-8,13-16H2. The molecule has 1 fully saturated rings. The Morgan fingerprint density at radius 1 is 0.806 bits per heavy atom. The number of carbonyl (C=O) groups is 2. The van der Waals surface area contributed by atoms with Gasteiger partial charge in [0.25, 0.3) is 11.8 Å². The van der Waals surface area contributed by atoms with Crippen LogP contribution in [0.25, 0.3) is 5.69 Å². The molecule has 2 amide bonds. The van der Waals surface area contributed by atoms with E-state index in [9.17, 15) is 14.0 Å². The van der Waals surface area contributed by atoms with Gasteiger partial charge in [0.2, 0.25) is 0 Å². The molecule has 0 spiro atoms. The van der Waals surface area contributed by atoms with Crippen LogP contribution in [0.3, 0.4) is 0 Å². The maximum Gasteiger partial charge on any atom is 0.274 e. The number of amides is 2. The first-order chi connectivity index (χ1) is 15.1. The van der Waals surface area contributed by atoms with Gasteiger partial charge in [0, 0.05) is 43.0 Å². The van der Waals surface area contributed by atoms with E-state index in [0.717, 1.165) is 36.2 Å². The zero-order valence-corrected chi connectivity index (χ0v) is 17.1. The maximum absolute atomic E-state index is 13.3. The molecule has 0 N–H and O–H groups in total. The van der Waals surface area contributed by atoms with Crippen LogP contribution in [0.4, 0.5) is 4.39 Å². The van der Waals surface area contributed by atoms with Crippen molar-refractivity contribution < 1.29 is 14.0 Å². The summed E-state index contributed by atoms with van der Waals surface area (Å²) in [5.74, 6) is -0.397. The molecular weight excluding hydrogens is 395 g/mol. The highest BCUT2D eigenvalue weighted by molar-refractivity contribution is 5.96. The molecule has 0 unspecified atom stereocenters. The first kappa shape index (κ1) is 19.5. The zero-order valence-electron chi connectivity index (χ0n) is 17.1. The molecule has 6 nitrogen and oxygen atoms in total. The number of carbonyl (C=O) groups excluding carboxylic acids is 2. The summed E-state index contributed by atoms with van der Waals surface area (Å²) >= 11 is 0. The van der Waals surface area contributed by atoms with Gasteiger partial charge in [-0.25, -0.2) is 9.07 Å². The second-order valence-electron chi connectivity index (χ2n) is 7.97. The molecule has 0 bridgehead atoms. The molecule has 2 heterocycles. The third-order valence-electron chi connectivity index (χ3n) is 6.08. The van der Waals surface area contributed by atoms with E-state index in [4.69, 9.17) is 0 Å². The molecule has 7 heteroatoms. The highest BCUT2D eigenvalue weighted by atomic mass is 19.1. The van der Waals surface area contributed by atoms with Crippen LogP contribution in [0.5, 0.6) is 0 Å². The lowest BCUT2D eigenvalue weighted by atomic mass is 10.1. The van der Waals surface area contributed by atoms with E-state index >= 15 is 0 Å². The minimum Gasteiger partial charge on any atom is -0.335 e. The second-order valence-corrected chi connectivity index (χ2v) is 7.97. The van der Waals surface area contributed by atoms with Crippen molar-refractivity contribution in [2.24, 2.45) is 0 Å². The smallest absolute Gasteiger partial charge is 0.274 e. The lowest BCUT2D eigenvalue weighted by Gasteiger charge is -2.34.